The summed E-state index contributed by atoms with van der Waals surface area (Å²) in [6.45, 7) is 0. The van der Waals surface area contributed by atoms with Gasteiger partial charge in [-0.1, -0.05) is 146 Å². The molecule has 1 heterocycles. The highest BCUT2D eigenvalue weighted by Crippen LogP contribution is 2.39. The number of anilines is 3. The number of nitrogens with zero attached hydrogens (tertiary/aromatic N) is 1. The van der Waals surface area contributed by atoms with Crippen LogP contribution in [0.2, 0.25) is 0 Å². The Labute approximate surface area is 297 Å². The van der Waals surface area contributed by atoms with E-state index in [1.807, 2.05) is 11.3 Å². The van der Waals surface area contributed by atoms with E-state index in [-0.39, 0.29) is 0 Å². The summed E-state index contributed by atoms with van der Waals surface area (Å²) in [5.74, 6) is 0. The molecule has 1 nitrogen and oxygen atoms in total. The molecule has 50 heavy (non-hydrogen) atoms. The van der Waals surface area contributed by atoms with Crippen LogP contribution in [0, 0.1) is 0 Å². The first-order valence-corrected chi connectivity index (χ1v) is 17.8. The normalized spacial score (nSPS) is 11.2. The predicted molar refractivity (Wildman–Crippen MR) is 216 cm³/mol. The molecule has 9 rings (SSSR count). The molecule has 2 heteroatoms. The molecule has 0 unspecified atom stereocenters. The third-order valence-corrected chi connectivity index (χ3v) is 10.6. The Kier molecular flexibility index (Phi) is 7.77. The number of thiophene rings is 1. The molecule has 236 valence electrons. The second-order valence-electron chi connectivity index (χ2n) is 12.6. The van der Waals surface area contributed by atoms with Crippen molar-refractivity contribution in [3.63, 3.8) is 0 Å². The first-order valence-electron chi connectivity index (χ1n) is 17.0. The van der Waals surface area contributed by atoms with Crippen molar-refractivity contribution in [1.82, 2.24) is 0 Å². The summed E-state index contributed by atoms with van der Waals surface area (Å²) >= 11 is 1.86. The maximum Gasteiger partial charge on any atom is 0.0462 e. The fraction of sp³-hybridized carbons (Fsp3) is 0. The Hall–Kier alpha value is -6.22. The Morgan fingerprint density at radius 1 is 0.280 bits per heavy atom. The van der Waals surface area contributed by atoms with Gasteiger partial charge in [0.25, 0.3) is 0 Å². The number of benzene rings is 8. The molecule has 0 aliphatic rings. The average Bonchev–Trinajstić information content (AvgIpc) is 3.61. The van der Waals surface area contributed by atoms with Crippen LogP contribution >= 0.6 is 11.3 Å². The summed E-state index contributed by atoms with van der Waals surface area (Å²) < 4.78 is 1.33. The second kappa shape index (κ2) is 13.0. The minimum absolute atomic E-state index is 1.11. The topological polar surface area (TPSA) is 3.24 Å². The van der Waals surface area contributed by atoms with Gasteiger partial charge in [0.05, 0.1) is 0 Å². The van der Waals surface area contributed by atoms with E-state index in [2.05, 4.69) is 205 Å². The second-order valence-corrected chi connectivity index (χ2v) is 13.7. The van der Waals surface area contributed by atoms with Gasteiger partial charge >= 0.3 is 0 Å². The third kappa shape index (κ3) is 5.87. The van der Waals surface area contributed by atoms with Crippen molar-refractivity contribution in [2.45, 2.75) is 0 Å². The van der Waals surface area contributed by atoms with E-state index in [4.69, 9.17) is 0 Å². The van der Waals surface area contributed by atoms with Crippen LogP contribution in [0.1, 0.15) is 0 Å². The van der Waals surface area contributed by atoms with Crippen LogP contribution in [0.5, 0.6) is 0 Å². The molecule has 0 bridgehead atoms. The molecule has 0 spiro atoms. The van der Waals surface area contributed by atoms with Gasteiger partial charge in [0.1, 0.15) is 0 Å². The molecule has 0 fully saturated rings. The maximum atomic E-state index is 2.33. The van der Waals surface area contributed by atoms with Crippen molar-refractivity contribution in [2.75, 3.05) is 4.90 Å². The Balaban J connectivity index is 1.02. The molecular weight excluding hydrogens is 623 g/mol. The van der Waals surface area contributed by atoms with E-state index in [1.54, 1.807) is 0 Å². The van der Waals surface area contributed by atoms with Crippen LogP contribution in [0.15, 0.2) is 200 Å². The lowest BCUT2D eigenvalue weighted by atomic mass is 10.0. The van der Waals surface area contributed by atoms with Gasteiger partial charge in [0.15, 0.2) is 0 Å². The minimum atomic E-state index is 1.11. The molecule has 0 aliphatic heterocycles. The molecule has 0 N–H and O–H groups in total. The molecule has 1 aromatic heterocycles. The van der Waals surface area contributed by atoms with Crippen LogP contribution in [-0.4, -0.2) is 0 Å². The molecule has 9 aromatic rings. The summed E-state index contributed by atoms with van der Waals surface area (Å²) in [4.78, 5) is 3.63. The van der Waals surface area contributed by atoms with Crippen molar-refractivity contribution in [3.8, 4) is 43.8 Å². The van der Waals surface area contributed by atoms with Gasteiger partial charge in [-0.3, -0.25) is 0 Å². The van der Waals surface area contributed by atoms with E-state index in [9.17, 15) is 0 Å². The van der Waals surface area contributed by atoms with Gasteiger partial charge in [-0.25, -0.2) is 0 Å². The Bertz CT molecular complexity index is 2400. The standard InChI is InChI=1S/C48H33NS/c1-3-9-34(10-4-1)37-19-25-44(26-20-37)49(45-27-21-38(22-28-45)35-11-5-2-6-12-35)46-29-23-39(24-30-46)36-15-17-40(18-16-36)47-33-43-31-41-13-7-8-14-42(41)32-48(43)50-47/h1-33H. The third-order valence-electron chi connectivity index (χ3n) is 9.48. The number of fused-ring (bicyclic) bond motifs is 2. The lowest BCUT2D eigenvalue weighted by molar-refractivity contribution is 1.28. The molecule has 0 atom stereocenters. The summed E-state index contributed by atoms with van der Waals surface area (Å²) in [5, 5.41) is 3.88. The van der Waals surface area contributed by atoms with E-state index >= 15 is 0 Å². The zero-order valence-corrected chi connectivity index (χ0v) is 28.2. The van der Waals surface area contributed by atoms with E-state index in [0.29, 0.717) is 0 Å². The molecule has 0 saturated carbocycles. The molecule has 0 saturated heterocycles. The molecule has 0 aliphatic carbocycles. The Morgan fingerprint density at radius 3 is 1.10 bits per heavy atom. The number of hydrogen-bond acceptors (Lipinski definition) is 2. The van der Waals surface area contributed by atoms with E-state index in [1.165, 1.54) is 64.7 Å². The molecular formula is C48H33NS. The highest BCUT2D eigenvalue weighted by atomic mass is 32.1. The van der Waals surface area contributed by atoms with Crippen molar-refractivity contribution in [3.05, 3.63) is 200 Å². The summed E-state index contributed by atoms with van der Waals surface area (Å²) in [6, 6.07) is 72.3. The summed E-state index contributed by atoms with van der Waals surface area (Å²) in [6.07, 6.45) is 0. The fourth-order valence-electron chi connectivity index (χ4n) is 6.81. The smallest absolute Gasteiger partial charge is 0.0462 e. The SMILES string of the molecule is c1ccc(-c2ccc(N(c3ccc(-c4ccccc4)cc3)c3ccc(-c4ccc(-c5cc6cc7ccccc7cc6s5)cc4)cc3)cc2)cc1. The van der Waals surface area contributed by atoms with Crippen molar-refractivity contribution in [2.24, 2.45) is 0 Å². The van der Waals surface area contributed by atoms with E-state index in [0.717, 1.165) is 17.1 Å². The van der Waals surface area contributed by atoms with Crippen LogP contribution in [0.4, 0.5) is 17.1 Å². The van der Waals surface area contributed by atoms with Gasteiger partial charge < -0.3 is 4.90 Å². The van der Waals surface area contributed by atoms with Crippen LogP contribution < -0.4 is 4.90 Å². The molecule has 0 amide bonds. The highest BCUT2D eigenvalue weighted by Gasteiger charge is 2.14. The van der Waals surface area contributed by atoms with Gasteiger partial charge in [-0.05, 0) is 110 Å². The van der Waals surface area contributed by atoms with Crippen molar-refractivity contribution < 1.29 is 0 Å². The largest absolute Gasteiger partial charge is 0.311 e. The fourth-order valence-corrected chi connectivity index (χ4v) is 7.91. The Morgan fingerprint density at radius 2 is 0.640 bits per heavy atom. The van der Waals surface area contributed by atoms with Gasteiger partial charge in [-0.2, -0.15) is 0 Å². The van der Waals surface area contributed by atoms with Gasteiger partial charge in [-0.15, -0.1) is 11.3 Å². The maximum absolute atomic E-state index is 2.33. The van der Waals surface area contributed by atoms with Crippen LogP contribution in [0.3, 0.4) is 0 Å². The first kappa shape index (κ1) is 29.9. The zero-order chi connectivity index (χ0) is 33.3. The quantitative estimate of drug-likeness (QED) is 0.165. The summed E-state index contributed by atoms with van der Waals surface area (Å²) in [5.41, 5.74) is 11.8. The lowest BCUT2D eigenvalue weighted by Crippen LogP contribution is -2.09. The number of hydrogen-bond donors (Lipinski definition) is 0. The van der Waals surface area contributed by atoms with Crippen LogP contribution in [0.25, 0.3) is 64.7 Å². The minimum Gasteiger partial charge on any atom is -0.311 e. The van der Waals surface area contributed by atoms with Crippen molar-refractivity contribution >= 4 is 49.3 Å². The monoisotopic (exact) mass is 655 g/mol. The lowest BCUT2D eigenvalue weighted by Gasteiger charge is -2.26. The average molecular weight is 656 g/mol. The van der Waals surface area contributed by atoms with Crippen molar-refractivity contribution in [1.29, 1.82) is 0 Å². The zero-order valence-electron chi connectivity index (χ0n) is 27.4. The van der Waals surface area contributed by atoms with Crippen LogP contribution in [-0.2, 0) is 0 Å². The number of rotatable bonds is 7. The van der Waals surface area contributed by atoms with Gasteiger partial charge in [0.2, 0.25) is 0 Å². The highest BCUT2D eigenvalue weighted by molar-refractivity contribution is 7.22. The predicted octanol–water partition coefficient (Wildman–Crippen LogP) is 14.2. The molecule has 8 aromatic carbocycles. The molecule has 0 radical (unpaired) electrons. The summed E-state index contributed by atoms with van der Waals surface area (Å²) in [7, 11) is 0. The first-order chi connectivity index (χ1) is 24.7. The van der Waals surface area contributed by atoms with E-state index < -0.39 is 0 Å². The van der Waals surface area contributed by atoms with Gasteiger partial charge in [0, 0.05) is 26.6 Å².